The molecule has 10 nitrogen and oxygen atoms in total. The van der Waals surface area contributed by atoms with Crippen LogP contribution in [0.1, 0.15) is 12.8 Å². The lowest BCUT2D eigenvalue weighted by atomic mass is 9.99. The molecule has 0 aromatic rings. The first kappa shape index (κ1) is 17.8. The van der Waals surface area contributed by atoms with Gasteiger partial charge in [0.1, 0.15) is 30.5 Å². The number of rotatable bonds is 6. The Morgan fingerprint density at radius 2 is 1.81 bits per heavy atom. The normalized spacial score (nSPS) is 34.2. The summed E-state index contributed by atoms with van der Waals surface area (Å²) in [5.74, 6) is -2.16. The Morgan fingerprint density at radius 3 is 2.33 bits per heavy atom. The Labute approximate surface area is 119 Å². The van der Waals surface area contributed by atoms with E-state index in [4.69, 9.17) is 25.4 Å². The van der Waals surface area contributed by atoms with Gasteiger partial charge in [-0.1, -0.05) is 0 Å². The summed E-state index contributed by atoms with van der Waals surface area (Å²) in [6.45, 7) is -0.650. The summed E-state index contributed by atoms with van der Waals surface area (Å²) in [6, 6.07) is -1.23. The van der Waals surface area contributed by atoms with Crippen molar-refractivity contribution in [3.8, 4) is 0 Å². The third-order valence-corrected chi connectivity index (χ3v) is 3.07. The smallest absolute Gasteiger partial charge is 0.320 e. The second-order valence-corrected chi connectivity index (χ2v) is 4.67. The van der Waals surface area contributed by atoms with Crippen molar-refractivity contribution in [1.82, 2.24) is 0 Å². The number of carbonyl (C=O) groups is 2. The van der Waals surface area contributed by atoms with E-state index >= 15 is 0 Å². The first-order valence-corrected chi connectivity index (χ1v) is 6.26. The lowest BCUT2D eigenvalue weighted by Gasteiger charge is -2.39. The van der Waals surface area contributed by atoms with E-state index in [0.29, 0.717) is 0 Å². The van der Waals surface area contributed by atoms with Crippen molar-refractivity contribution in [3.63, 3.8) is 0 Å². The summed E-state index contributed by atoms with van der Waals surface area (Å²) in [6.07, 6.45) is -8.18. The quantitative estimate of drug-likeness (QED) is 0.270. The molecule has 21 heavy (non-hydrogen) atoms. The van der Waals surface area contributed by atoms with E-state index < -0.39 is 55.3 Å². The zero-order valence-corrected chi connectivity index (χ0v) is 11.0. The van der Waals surface area contributed by atoms with E-state index in [2.05, 4.69) is 0 Å². The van der Waals surface area contributed by atoms with Crippen molar-refractivity contribution in [2.45, 2.75) is 49.6 Å². The number of hydrogen-bond donors (Lipinski definition) is 6. The zero-order valence-electron chi connectivity index (χ0n) is 11.0. The molecule has 0 amide bonds. The highest BCUT2D eigenvalue weighted by molar-refractivity contribution is 5.75. The van der Waals surface area contributed by atoms with Crippen LogP contribution in [0.5, 0.6) is 0 Å². The number of nitrogens with two attached hydrogens (primary N) is 1. The molecule has 0 unspecified atom stereocenters. The van der Waals surface area contributed by atoms with E-state index in [1.54, 1.807) is 0 Å². The molecule has 1 aliphatic heterocycles. The molecular weight excluding hydrogens is 290 g/mol. The van der Waals surface area contributed by atoms with Crippen molar-refractivity contribution >= 4 is 11.9 Å². The molecule has 1 heterocycles. The molecule has 0 spiro atoms. The maximum absolute atomic E-state index is 11.5. The highest BCUT2D eigenvalue weighted by Gasteiger charge is 2.45. The minimum atomic E-state index is -1.69. The Kier molecular flexibility index (Phi) is 6.45. The largest absolute Gasteiger partial charge is 0.480 e. The molecule has 6 atom stereocenters. The molecule has 0 radical (unpaired) electrons. The minimum absolute atomic E-state index is 0.175. The standard InChI is InChI=1S/C11H19NO9/c12-4(10(18)19)1-2-6(14)21-11-9(17)8(16)7(15)5(3-13)20-11/h4-5,7-9,11,13,15-17H,1-3,12H2,(H,18,19)/t4-,5+,7+,8-,9+,11+/m0/s1. The van der Waals surface area contributed by atoms with Gasteiger partial charge in [-0.15, -0.1) is 0 Å². The molecule has 7 N–H and O–H groups in total. The van der Waals surface area contributed by atoms with Crippen LogP contribution in [-0.4, -0.2) is 80.8 Å². The van der Waals surface area contributed by atoms with Crippen LogP contribution >= 0.6 is 0 Å². The zero-order chi connectivity index (χ0) is 16.2. The van der Waals surface area contributed by atoms with Gasteiger partial charge in [-0.2, -0.15) is 0 Å². The van der Waals surface area contributed by atoms with E-state index in [1.807, 2.05) is 0 Å². The van der Waals surface area contributed by atoms with E-state index in [9.17, 15) is 24.9 Å². The number of hydrogen-bond acceptors (Lipinski definition) is 9. The Morgan fingerprint density at radius 1 is 1.19 bits per heavy atom. The van der Waals surface area contributed by atoms with E-state index in [1.165, 1.54) is 0 Å². The first-order chi connectivity index (χ1) is 9.77. The molecule has 0 saturated carbocycles. The van der Waals surface area contributed by atoms with Crippen LogP contribution in [0.15, 0.2) is 0 Å². The van der Waals surface area contributed by atoms with Crippen molar-refractivity contribution in [3.05, 3.63) is 0 Å². The number of ether oxygens (including phenoxy) is 2. The molecule has 10 heteroatoms. The molecule has 0 aromatic carbocycles. The molecule has 0 bridgehead atoms. The predicted molar refractivity (Wildman–Crippen MR) is 64.7 cm³/mol. The van der Waals surface area contributed by atoms with Gasteiger partial charge in [0.25, 0.3) is 0 Å². The molecule has 0 aliphatic carbocycles. The van der Waals surface area contributed by atoms with E-state index in [-0.39, 0.29) is 12.8 Å². The molecule has 122 valence electrons. The topological polar surface area (TPSA) is 180 Å². The summed E-state index contributed by atoms with van der Waals surface area (Å²) in [5, 5.41) is 46.2. The van der Waals surface area contributed by atoms with Crippen LogP contribution in [0.2, 0.25) is 0 Å². The molecule has 1 saturated heterocycles. The lowest BCUT2D eigenvalue weighted by molar-refractivity contribution is -0.292. The molecule has 1 aliphatic rings. The number of aliphatic hydroxyl groups excluding tert-OH is 4. The summed E-state index contributed by atoms with van der Waals surface area (Å²) in [4.78, 5) is 22.0. The van der Waals surface area contributed by atoms with Crippen LogP contribution in [0, 0.1) is 0 Å². The average Bonchev–Trinajstić information content (AvgIpc) is 2.45. The fraction of sp³-hybridized carbons (Fsp3) is 0.818. The highest BCUT2D eigenvalue weighted by Crippen LogP contribution is 2.22. The lowest BCUT2D eigenvalue weighted by Crippen LogP contribution is -2.59. The Hall–Kier alpha value is -1.30. The van der Waals surface area contributed by atoms with Gasteiger partial charge < -0.3 is 40.7 Å². The first-order valence-electron chi connectivity index (χ1n) is 6.26. The monoisotopic (exact) mass is 309 g/mol. The predicted octanol–water partition coefficient (Wildman–Crippen LogP) is -3.48. The van der Waals surface area contributed by atoms with Crippen molar-refractivity contribution in [2.75, 3.05) is 6.61 Å². The number of carboxylic acids is 1. The van der Waals surface area contributed by atoms with Crippen LogP contribution < -0.4 is 5.73 Å². The highest BCUT2D eigenvalue weighted by atomic mass is 16.7. The fourth-order valence-corrected chi connectivity index (χ4v) is 1.75. The van der Waals surface area contributed by atoms with Gasteiger partial charge in [0, 0.05) is 6.42 Å². The van der Waals surface area contributed by atoms with Gasteiger partial charge in [0.15, 0.2) is 0 Å². The van der Waals surface area contributed by atoms with Crippen molar-refractivity contribution in [1.29, 1.82) is 0 Å². The summed E-state index contributed by atoms with van der Waals surface area (Å²) in [5.41, 5.74) is 5.22. The van der Waals surface area contributed by atoms with Gasteiger partial charge in [0.05, 0.1) is 6.61 Å². The molecule has 1 rings (SSSR count). The number of aliphatic hydroxyl groups is 4. The van der Waals surface area contributed by atoms with Gasteiger partial charge in [-0.25, -0.2) is 0 Å². The maximum atomic E-state index is 11.5. The SMILES string of the molecule is N[C@@H](CCC(=O)O[C@H]1O[C@H](CO)[C@@H](O)[C@H](O)[C@H]1O)C(=O)O. The van der Waals surface area contributed by atoms with E-state index in [0.717, 1.165) is 0 Å². The summed E-state index contributed by atoms with van der Waals surface area (Å²) < 4.78 is 9.70. The van der Waals surface area contributed by atoms with Crippen molar-refractivity contribution in [2.24, 2.45) is 5.73 Å². The maximum Gasteiger partial charge on any atom is 0.320 e. The third-order valence-electron chi connectivity index (χ3n) is 3.07. The van der Waals surface area contributed by atoms with Crippen LogP contribution in [0.25, 0.3) is 0 Å². The summed E-state index contributed by atoms with van der Waals surface area (Å²) in [7, 11) is 0. The molecule has 0 aromatic heterocycles. The van der Waals surface area contributed by atoms with Crippen LogP contribution in [0.4, 0.5) is 0 Å². The number of carboxylic acid groups (broad SMARTS) is 1. The Bertz CT molecular complexity index is 375. The molecular formula is C11H19NO9. The van der Waals surface area contributed by atoms with Gasteiger partial charge in [-0.05, 0) is 6.42 Å². The second kappa shape index (κ2) is 7.64. The third kappa shape index (κ3) is 4.59. The second-order valence-electron chi connectivity index (χ2n) is 4.67. The number of aliphatic carboxylic acids is 1. The van der Waals surface area contributed by atoms with Crippen LogP contribution in [-0.2, 0) is 19.1 Å². The number of carbonyl (C=O) groups excluding carboxylic acids is 1. The average molecular weight is 309 g/mol. The van der Waals surface area contributed by atoms with Crippen LogP contribution in [0.3, 0.4) is 0 Å². The summed E-state index contributed by atoms with van der Waals surface area (Å²) >= 11 is 0. The molecule has 1 fully saturated rings. The van der Waals surface area contributed by atoms with Gasteiger partial charge in [0.2, 0.25) is 6.29 Å². The number of esters is 1. The van der Waals surface area contributed by atoms with Gasteiger partial charge in [-0.3, -0.25) is 9.59 Å². The Balaban J connectivity index is 2.52. The van der Waals surface area contributed by atoms with Crippen molar-refractivity contribution < 1.29 is 44.6 Å². The fourth-order valence-electron chi connectivity index (χ4n) is 1.75. The van der Waals surface area contributed by atoms with Gasteiger partial charge >= 0.3 is 11.9 Å². The minimum Gasteiger partial charge on any atom is -0.480 e.